The summed E-state index contributed by atoms with van der Waals surface area (Å²) in [7, 11) is 3.93. The topological polar surface area (TPSA) is 116 Å². The van der Waals surface area contributed by atoms with Crippen molar-refractivity contribution >= 4 is 12.0 Å². The largest absolute Gasteiger partial charge is 0.444 e. The zero-order valence-corrected chi connectivity index (χ0v) is 27.3. The number of hydrogen-bond acceptors (Lipinski definition) is 6. The van der Waals surface area contributed by atoms with Crippen LogP contribution in [0.15, 0.2) is 23.0 Å². The Balaban J connectivity index is 1.75. The number of aromatic amines is 1. The fourth-order valence-electron chi connectivity index (χ4n) is 5.48. The Morgan fingerprint density at radius 2 is 1.72 bits per heavy atom. The van der Waals surface area contributed by atoms with Gasteiger partial charge in [0, 0.05) is 47.1 Å². The summed E-state index contributed by atoms with van der Waals surface area (Å²) in [6.45, 7) is 14.1. The van der Waals surface area contributed by atoms with E-state index in [4.69, 9.17) is 4.74 Å². The summed E-state index contributed by atoms with van der Waals surface area (Å²) in [4.78, 5) is 43.0. The van der Waals surface area contributed by atoms with Crippen LogP contribution in [-0.4, -0.2) is 60.2 Å². The van der Waals surface area contributed by atoms with Crippen LogP contribution in [-0.2, 0) is 11.3 Å². The second-order valence-corrected chi connectivity index (χ2v) is 13.0. The molecule has 1 aromatic heterocycles. The lowest BCUT2D eigenvalue weighted by Gasteiger charge is -2.32. The number of carbonyl (C=O) groups excluding carboxylic acids is 2. The normalized spacial score (nSPS) is 17.5. The van der Waals surface area contributed by atoms with Gasteiger partial charge in [-0.3, -0.25) is 14.5 Å². The molecule has 2 aromatic rings. The van der Waals surface area contributed by atoms with Crippen LogP contribution in [0.1, 0.15) is 103 Å². The molecule has 234 valence electrons. The van der Waals surface area contributed by atoms with Gasteiger partial charge in [-0.1, -0.05) is 11.8 Å². The number of amides is 2. The summed E-state index contributed by atoms with van der Waals surface area (Å²) in [6.07, 6.45) is 3.20. The molecule has 1 saturated carbocycles. The van der Waals surface area contributed by atoms with Crippen molar-refractivity contribution in [2.75, 3.05) is 20.6 Å². The maximum atomic E-state index is 13.5. The second-order valence-electron chi connectivity index (χ2n) is 13.0. The Morgan fingerprint density at radius 1 is 1.07 bits per heavy atom. The highest BCUT2D eigenvalue weighted by Gasteiger charge is 2.26. The van der Waals surface area contributed by atoms with E-state index in [0.717, 1.165) is 53.6 Å². The minimum Gasteiger partial charge on any atom is -0.444 e. The van der Waals surface area contributed by atoms with E-state index < -0.39 is 5.60 Å². The van der Waals surface area contributed by atoms with E-state index in [1.165, 1.54) is 0 Å². The molecule has 1 unspecified atom stereocenters. The molecule has 1 atom stereocenters. The average Bonchev–Trinajstić information content (AvgIpc) is 2.88. The highest BCUT2D eigenvalue weighted by molar-refractivity contribution is 5.96. The lowest BCUT2D eigenvalue weighted by atomic mass is 9.89. The Bertz CT molecular complexity index is 1420. The molecule has 1 aliphatic carbocycles. The number of hydrogen-bond donors (Lipinski definition) is 4. The predicted molar refractivity (Wildman–Crippen MR) is 171 cm³/mol. The molecule has 3 rings (SSSR count). The van der Waals surface area contributed by atoms with Crippen LogP contribution in [0.25, 0.3) is 0 Å². The van der Waals surface area contributed by atoms with Gasteiger partial charge in [0.15, 0.2) is 0 Å². The maximum Gasteiger partial charge on any atom is 0.407 e. The van der Waals surface area contributed by atoms with E-state index in [1.807, 2.05) is 72.7 Å². The molecule has 1 aromatic carbocycles. The number of ether oxygens (including phenoxy) is 1. The molecule has 1 heterocycles. The Hall–Kier alpha value is -3.61. The molecule has 4 N–H and O–H groups in total. The maximum absolute atomic E-state index is 13.5. The zero-order chi connectivity index (χ0) is 31.9. The van der Waals surface area contributed by atoms with Crippen molar-refractivity contribution in [2.24, 2.45) is 0 Å². The van der Waals surface area contributed by atoms with E-state index >= 15 is 0 Å². The fraction of sp³-hybridized carbons (Fsp3) is 0.559. The zero-order valence-electron chi connectivity index (χ0n) is 27.3. The van der Waals surface area contributed by atoms with E-state index in [9.17, 15) is 14.4 Å². The monoisotopic (exact) mass is 591 g/mol. The van der Waals surface area contributed by atoms with Crippen LogP contribution in [0.4, 0.5) is 4.79 Å². The summed E-state index contributed by atoms with van der Waals surface area (Å²) in [5.41, 5.74) is 4.69. The molecule has 1 fully saturated rings. The van der Waals surface area contributed by atoms with Crippen molar-refractivity contribution in [1.82, 2.24) is 25.8 Å². The van der Waals surface area contributed by atoms with Crippen LogP contribution < -0.4 is 21.5 Å². The lowest BCUT2D eigenvalue weighted by Crippen LogP contribution is -2.44. The quantitative estimate of drug-likeness (QED) is 0.333. The Labute approximate surface area is 256 Å². The Morgan fingerprint density at radius 3 is 2.33 bits per heavy atom. The third-order valence-corrected chi connectivity index (χ3v) is 7.64. The first kappa shape index (κ1) is 33.9. The number of alkyl carbamates (subject to hydrolysis) is 1. The van der Waals surface area contributed by atoms with Crippen molar-refractivity contribution in [3.8, 4) is 11.8 Å². The molecule has 0 aliphatic heterocycles. The van der Waals surface area contributed by atoms with Gasteiger partial charge in [-0.15, -0.1) is 0 Å². The third-order valence-electron chi connectivity index (χ3n) is 7.64. The molecule has 0 spiro atoms. The van der Waals surface area contributed by atoms with Gasteiger partial charge < -0.3 is 25.7 Å². The summed E-state index contributed by atoms with van der Waals surface area (Å²) in [5.74, 6) is 6.17. The van der Waals surface area contributed by atoms with Gasteiger partial charge in [-0.25, -0.2) is 4.79 Å². The molecule has 0 saturated heterocycles. The van der Waals surface area contributed by atoms with E-state index in [-0.39, 0.29) is 42.2 Å². The first-order chi connectivity index (χ1) is 20.1. The number of pyridine rings is 1. The van der Waals surface area contributed by atoms with Crippen LogP contribution >= 0.6 is 0 Å². The predicted octanol–water partition coefficient (Wildman–Crippen LogP) is 4.63. The molecule has 0 radical (unpaired) electrons. The van der Waals surface area contributed by atoms with Crippen molar-refractivity contribution in [3.05, 3.63) is 67.6 Å². The molecule has 43 heavy (non-hydrogen) atoms. The summed E-state index contributed by atoms with van der Waals surface area (Å²) in [5, 5.41) is 9.72. The molecule has 0 bridgehead atoms. The van der Waals surface area contributed by atoms with Gasteiger partial charge in [0.05, 0.1) is 6.54 Å². The third kappa shape index (κ3) is 10.3. The second kappa shape index (κ2) is 14.7. The first-order valence-electron chi connectivity index (χ1n) is 15.1. The molecule has 9 heteroatoms. The summed E-state index contributed by atoms with van der Waals surface area (Å²) < 4.78 is 5.42. The van der Waals surface area contributed by atoms with Crippen molar-refractivity contribution < 1.29 is 14.3 Å². The van der Waals surface area contributed by atoms with Gasteiger partial charge in [-0.05, 0) is 123 Å². The lowest BCUT2D eigenvalue weighted by molar-refractivity contribution is 0.0489. The van der Waals surface area contributed by atoms with E-state index in [2.05, 4.69) is 45.8 Å². The molecular formula is C34H49N5O4. The van der Waals surface area contributed by atoms with Crippen LogP contribution in [0.2, 0.25) is 0 Å². The first-order valence-corrected chi connectivity index (χ1v) is 15.1. The molecule has 9 nitrogen and oxygen atoms in total. The van der Waals surface area contributed by atoms with Crippen LogP contribution in [0, 0.1) is 32.6 Å². The summed E-state index contributed by atoms with van der Waals surface area (Å²) in [6, 6.07) is 6.16. The van der Waals surface area contributed by atoms with Crippen molar-refractivity contribution in [1.29, 1.82) is 0 Å². The molecule has 2 amide bonds. The number of H-pyrrole nitrogens is 1. The number of carbonyl (C=O) groups is 2. The summed E-state index contributed by atoms with van der Waals surface area (Å²) >= 11 is 0. The highest BCUT2D eigenvalue weighted by atomic mass is 16.6. The van der Waals surface area contributed by atoms with Gasteiger partial charge in [0.1, 0.15) is 5.60 Å². The van der Waals surface area contributed by atoms with Crippen molar-refractivity contribution in [3.63, 3.8) is 0 Å². The number of benzene rings is 1. The molecular weight excluding hydrogens is 542 g/mol. The average molecular weight is 592 g/mol. The molecule has 1 aliphatic rings. The smallest absolute Gasteiger partial charge is 0.407 e. The highest BCUT2D eigenvalue weighted by Crippen LogP contribution is 2.27. The van der Waals surface area contributed by atoms with Gasteiger partial charge in [0.2, 0.25) is 0 Å². The van der Waals surface area contributed by atoms with E-state index in [0.29, 0.717) is 17.7 Å². The van der Waals surface area contributed by atoms with Gasteiger partial charge in [0.25, 0.3) is 11.5 Å². The number of aryl methyl sites for hydroxylation is 2. The standard InChI is InChI=1S/C34H49N5O4/c1-21-17-22(2)36-32(41)30(21)20-35-31(40)29-19-25(11-10-16-39(8)9)18-28(23(29)3)24(4)37-26-12-14-27(15-13-26)38-33(42)43-34(5,6)7/h17-19,24,26-27,37H,12-16,20H2,1-9H3,(H,35,40)(H,36,41)(H,38,42). The van der Waals surface area contributed by atoms with Crippen LogP contribution in [0.5, 0.6) is 0 Å². The fourth-order valence-corrected chi connectivity index (χ4v) is 5.48. The van der Waals surface area contributed by atoms with Crippen LogP contribution in [0.3, 0.4) is 0 Å². The van der Waals surface area contributed by atoms with Gasteiger partial charge in [-0.2, -0.15) is 0 Å². The minimum atomic E-state index is -0.519. The number of aromatic nitrogens is 1. The van der Waals surface area contributed by atoms with Gasteiger partial charge >= 0.3 is 6.09 Å². The number of nitrogens with one attached hydrogen (secondary N) is 4. The number of rotatable bonds is 8. The SMILES string of the molecule is Cc1cc(C)c(CNC(=O)c2cc(C#CCN(C)C)cc(C(C)NC3CCC(NC(=O)OC(C)(C)C)CC3)c2C)c(=O)[nH]1. The minimum absolute atomic E-state index is 0.0234. The Kier molecular flexibility index (Phi) is 11.6. The van der Waals surface area contributed by atoms with E-state index in [1.54, 1.807) is 0 Å². The number of nitrogens with zero attached hydrogens (tertiary/aromatic N) is 1. The van der Waals surface area contributed by atoms with Crippen molar-refractivity contribution in [2.45, 2.75) is 104 Å².